The number of carbonyl (C=O) groups excluding carboxylic acids is 1. The highest BCUT2D eigenvalue weighted by Gasteiger charge is 2.28. The van der Waals surface area contributed by atoms with E-state index >= 15 is 0 Å². The van der Waals surface area contributed by atoms with Crippen molar-refractivity contribution >= 4 is 5.91 Å². The zero-order chi connectivity index (χ0) is 18.8. The lowest BCUT2D eigenvalue weighted by Crippen LogP contribution is -2.39. The van der Waals surface area contributed by atoms with Crippen LogP contribution < -0.4 is 5.32 Å². The first-order valence-electron chi connectivity index (χ1n) is 7.79. The van der Waals surface area contributed by atoms with Gasteiger partial charge >= 0.3 is 0 Å². The maximum absolute atomic E-state index is 13.8. The van der Waals surface area contributed by atoms with E-state index in [0.29, 0.717) is 11.9 Å². The van der Waals surface area contributed by atoms with Gasteiger partial charge in [0.25, 0.3) is 5.91 Å². The van der Waals surface area contributed by atoms with Crippen LogP contribution in [0.15, 0.2) is 30.6 Å². The zero-order valence-corrected chi connectivity index (χ0v) is 14.6. The van der Waals surface area contributed by atoms with Gasteiger partial charge in [0.1, 0.15) is 23.1 Å². The Morgan fingerprint density at radius 3 is 2.28 bits per heavy atom. The van der Waals surface area contributed by atoms with Crippen LogP contribution in [0.5, 0.6) is 0 Å². The van der Waals surface area contributed by atoms with Crippen molar-refractivity contribution in [1.29, 1.82) is 0 Å². The van der Waals surface area contributed by atoms with Crippen LogP contribution in [0.25, 0.3) is 0 Å². The molecule has 0 saturated carbocycles. The third-order valence-electron chi connectivity index (χ3n) is 3.69. The van der Waals surface area contributed by atoms with Crippen molar-refractivity contribution in [2.45, 2.75) is 38.7 Å². The summed E-state index contributed by atoms with van der Waals surface area (Å²) in [6, 6.07) is 2.89. The van der Waals surface area contributed by atoms with Gasteiger partial charge in [-0.1, -0.05) is 26.8 Å². The predicted octanol–water partition coefficient (Wildman–Crippen LogP) is 2.69. The van der Waals surface area contributed by atoms with Crippen LogP contribution in [0.3, 0.4) is 0 Å². The molecule has 0 saturated heterocycles. The van der Waals surface area contributed by atoms with Gasteiger partial charge in [0, 0.05) is 29.4 Å². The molecule has 0 aliphatic heterocycles. The monoisotopic (exact) mass is 349 g/mol. The van der Waals surface area contributed by atoms with Crippen molar-refractivity contribution in [1.82, 2.24) is 15.3 Å². The third kappa shape index (κ3) is 4.57. The van der Waals surface area contributed by atoms with Crippen LogP contribution in [-0.2, 0) is 11.0 Å². The first kappa shape index (κ1) is 18.9. The Kier molecular flexibility index (Phi) is 5.17. The lowest BCUT2D eigenvalue weighted by Gasteiger charge is -2.24. The molecule has 0 fully saturated rings. The number of hydrogen-bond donors (Lipinski definition) is 2. The second kappa shape index (κ2) is 6.84. The number of amides is 1. The van der Waals surface area contributed by atoms with E-state index in [4.69, 9.17) is 0 Å². The van der Waals surface area contributed by atoms with Crippen LogP contribution in [-0.4, -0.2) is 27.5 Å². The van der Waals surface area contributed by atoms with Gasteiger partial charge in [-0.3, -0.25) is 4.79 Å². The normalized spacial score (nSPS) is 14.0. The smallest absolute Gasteiger partial charge is 0.254 e. The Labute approximate surface area is 145 Å². The maximum atomic E-state index is 13.8. The van der Waals surface area contributed by atoms with Crippen molar-refractivity contribution in [3.05, 3.63) is 59.2 Å². The minimum absolute atomic E-state index is 0.103. The van der Waals surface area contributed by atoms with E-state index < -0.39 is 23.1 Å². The predicted molar refractivity (Wildman–Crippen MR) is 89.0 cm³/mol. The number of nitrogens with one attached hydrogen (secondary N) is 1. The Morgan fingerprint density at radius 2 is 1.76 bits per heavy atom. The van der Waals surface area contributed by atoms with E-state index in [1.54, 1.807) is 0 Å². The summed E-state index contributed by atoms with van der Waals surface area (Å²) in [6.07, 6.45) is 2.80. The number of aromatic nitrogens is 2. The SMILES string of the molecule is CC(C)(C)c1ncc(C(=O)NCC(C)(O)c2ccc(F)cc2F)cn1. The molecule has 25 heavy (non-hydrogen) atoms. The number of nitrogens with zero attached hydrogens (tertiary/aromatic N) is 2. The van der Waals surface area contributed by atoms with E-state index in [0.717, 1.165) is 12.1 Å². The van der Waals surface area contributed by atoms with E-state index in [1.807, 2.05) is 20.8 Å². The summed E-state index contributed by atoms with van der Waals surface area (Å²) in [6.45, 7) is 6.95. The average Bonchev–Trinajstić information content (AvgIpc) is 2.51. The quantitative estimate of drug-likeness (QED) is 0.890. The minimum Gasteiger partial charge on any atom is -0.383 e. The Balaban J connectivity index is 2.08. The topological polar surface area (TPSA) is 75.1 Å². The number of aliphatic hydroxyl groups is 1. The van der Waals surface area contributed by atoms with Crippen molar-refractivity contribution in [3.63, 3.8) is 0 Å². The van der Waals surface area contributed by atoms with Crippen molar-refractivity contribution in [3.8, 4) is 0 Å². The molecule has 1 aromatic carbocycles. The molecular weight excluding hydrogens is 328 g/mol. The lowest BCUT2D eigenvalue weighted by molar-refractivity contribution is 0.0494. The summed E-state index contributed by atoms with van der Waals surface area (Å²) < 4.78 is 26.8. The third-order valence-corrected chi connectivity index (χ3v) is 3.69. The van der Waals surface area contributed by atoms with Crippen LogP contribution in [0.2, 0.25) is 0 Å². The molecule has 7 heteroatoms. The van der Waals surface area contributed by atoms with Gasteiger partial charge in [-0.25, -0.2) is 18.7 Å². The minimum atomic E-state index is -1.69. The van der Waals surface area contributed by atoms with Gasteiger partial charge in [0.2, 0.25) is 0 Å². The molecule has 0 spiro atoms. The highest BCUT2D eigenvalue weighted by atomic mass is 19.1. The number of rotatable bonds is 4. The molecule has 0 aliphatic carbocycles. The summed E-state index contributed by atoms with van der Waals surface area (Å²) >= 11 is 0. The molecule has 1 unspecified atom stereocenters. The van der Waals surface area contributed by atoms with E-state index in [1.165, 1.54) is 19.3 Å². The highest BCUT2D eigenvalue weighted by Crippen LogP contribution is 2.23. The molecule has 0 aliphatic rings. The van der Waals surface area contributed by atoms with Crippen LogP contribution in [0, 0.1) is 11.6 Å². The van der Waals surface area contributed by atoms with Gasteiger partial charge < -0.3 is 10.4 Å². The fraction of sp³-hybridized carbons (Fsp3) is 0.389. The van der Waals surface area contributed by atoms with Crippen molar-refractivity contribution < 1.29 is 18.7 Å². The molecule has 1 amide bonds. The summed E-state index contributed by atoms with van der Waals surface area (Å²) in [5.74, 6) is -1.51. The molecule has 0 radical (unpaired) electrons. The maximum Gasteiger partial charge on any atom is 0.254 e. The van der Waals surface area contributed by atoms with E-state index in [-0.39, 0.29) is 23.1 Å². The Bertz CT molecular complexity index is 769. The van der Waals surface area contributed by atoms with Gasteiger partial charge in [0.15, 0.2) is 0 Å². The summed E-state index contributed by atoms with van der Waals surface area (Å²) in [5.41, 5.74) is -1.81. The lowest BCUT2D eigenvalue weighted by atomic mass is 9.95. The van der Waals surface area contributed by atoms with Crippen molar-refractivity contribution in [2.75, 3.05) is 6.54 Å². The van der Waals surface area contributed by atoms with Gasteiger partial charge in [-0.2, -0.15) is 0 Å². The molecular formula is C18H21F2N3O2. The molecule has 5 nitrogen and oxygen atoms in total. The molecule has 2 aromatic rings. The van der Waals surface area contributed by atoms with Gasteiger partial charge in [-0.05, 0) is 13.0 Å². The molecule has 1 heterocycles. The van der Waals surface area contributed by atoms with E-state index in [9.17, 15) is 18.7 Å². The summed E-state index contributed by atoms with van der Waals surface area (Å²) in [7, 11) is 0. The molecule has 1 atom stereocenters. The first-order valence-corrected chi connectivity index (χ1v) is 7.79. The molecule has 1 aromatic heterocycles. The van der Waals surface area contributed by atoms with Crippen molar-refractivity contribution in [2.24, 2.45) is 0 Å². The second-order valence-corrected chi connectivity index (χ2v) is 7.13. The Hall–Kier alpha value is -2.41. The fourth-order valence-electron chi connectivity index (χ4n) is 2.21. The Morgan fingerprint density at radius 1 is 1.16 bits per heavy atom. The molecule has 2 N–H and O–H groups in total. The number of hydrogen-bond acceptors (Lipinski definition) is 4. The number of benzene rings is 1. The fourth-order valence-corrected chi connectivity index (χ4v) is 2.21. The molecule has 2 rings (SSSR count). The first-order chi connectivity index (χ1) is 11.5. The zero-order valence-electron chi connectivity index (χ0n) is 14.6. The summed E-state index contributed by atoms with van der Waals surface area (Å²) in [5, 5.41) is 12.9. The largest absolute Gasteiger partial charge is 0.383 e. The molecule has 134 valence electrons. The van der Waals surface area contributed by atoms with E-state index in [2.05, 4.69) is 15.3 Å². The number of halogens is 2. The van der Waals surface area contributed by atoms with Crippen LogP contribution >= 0.6 is 0 Å². The van der Waals surface area contributed by atoms with Crippen LogP contribution in [0.1, 0.15) is 49.4 Å². The standard InChI is InChI=1S/C18H21F2N3O2/c1-17(2,3)16-21-8-11(9-22-16)15(24)23-10-18(4,25)13-6-5-12(19)7-14(13)20/h5-9,25H,10H2,1-4H3,(H,23,24). The summed E-state index contributed by atoms with van der Waals surface area (Å²) in [4.78, 5) is 20.5. The highest BCUT2D eigenvalue weighted by molar-refractivity contribution is 5.93. The number of carbonyl (C=O) groups is 1. The van der Waals surface area contributed by atoms with Gasteiger partial charge in [-0.15, -0.1) is 0 Å². The molecule has 0 bridgehead atoms. The average molecular weight is 349 g/mol. The van der Waals surface area contributed by atoms with Crippen LogP contribution in [0.4, 0.5) is 8.78 Å². The van der Waals surface area contributed by atoms with Gasteiger partial charge in [0.05, 0.1) is 12.1 Å². The second-order valence-electron chi connectivity index (χ2n) is 7.13.